The fourth-order valence-electron chi connectivity index (χ4n) is 8.69. The Morgan fingerprint density at radius 1 is 0.259 bits per heavy atom. The molecule has 0 spiro atoms. The Balaban J connectivity index is 1.05. The van der Waals surface area contributed by atoms with Gasteiger partial charge in [-0.25, -0.2) is 0 Å². The van der Waals surface area contributed by atoms with Gasteiger partial charge in [0.1, 0.15) is 0 Å². The minimum Gasteiger partial charge on any atom is -0.256 e. The smallest absolute Gasteiger partial charge is 0.0792 e. The molecule has 0 radical (unpaired) electrons. The van der Waals surface area contributed by atoms with Gasteiger partial charge in [-0.1, -0.05) is 164 Å². The molecular weight excluding hydrogens is 651 g/mol. The van der Waals surface area contributed by atoms with Gasteiger partial charge < -0.3 is 0 Å². The molecule has 11 aromatic rings. The Bertz CT molecular complexity index is 2990. The average Bonchev–Trinajstić information content (AvgIpc) is 3.24. The van der Waals surface area contributed by atoms with Crippen LogP contribution in [0.3, 0.4) is 0 Å². The lowest BCUT2D eigenvalue weighted by Crippen LogP contribution is -1.93. The molecule has 0 amide bonds. The molecule has 1 aromatic heterocycles. The fourth-order valence-corrected chi connectivity index (χ4v) is 8.69. The van der Waals surface area contributed by atoms with Crippen LogP contribution in [-0.2, 0) is 0 Å². The van der Waals surface area contributed by atoms with Crippen LogP contribution in [-0.4, -0.2) is 4.98 Å². The molecule has 54 heavy (non-hydrogen) atoms. The molecule has 1 heteroatoms. The first kappa shape index (κ1) is 30.5. The highest BCUT2D eigenvalue weighted by molar-refractivity contribution is 6.21. The van der Waals surface area contributed by atoms with Gasteiger partial charge in [0, 0.05) is 17.1 Å². The van der Waals surface area contributed by atoms with Crippen molar-refractivity contribution in [3.8, 4) is 44.5 Å². The van der Waals surface area contributed by atoms with Gasteiger partial charge in [0.15, 0.2) is 0 Å². The first-order chi connectivity index (χ1) is 26.8. The van der Waals surface area contributed by atoms with Crippen molar-refractivity contribution < 1.29 is 0 Å². The van der Waals surface area contributed by atoms with Crippen LogP contribution in [0.4, 0.5) is 0 Å². The molecule has 250 valence electrons. The van der Waals surface area contributed by atoms with Gasteiger partial charge in [0.05, 0.1) is 5.52 Å². The van der Waals surface area contributed by atoms with E-state index < -0.39 is 0 Å². The van der Waals surface area contributed by atoms with E-state index in [1.165, 1.54) is 98.4 Å². The van der Waals surface area contributed by atoms with Crippen molar-refractivity contribution in [3.63, 3.8) is 0 Å². The minimum atomic E-state index is 1.02. The van der Waals surface area contributed by atoms with Crippen molar-refractivity contribution in [2.24, 2.45) is 0 Å². The second-order valence-electron chi connectivity index (χ2n) is 14.3. The van der Waals surface area contributed by atoms with Crippen LogP contribution in [0.15, 0.2) is 200 Å². The molecule has 0 saturated heterocycles. The van der Waals surface area contributed by atoms with E-state index in [0.717, 1.165) is 10.9 Å². The molecule has 1 heterocycles. The summed E-state index contributed by atoms with van der Waals surface area (Å²) in [7, 11) is 0. The molecule has 0 fully saturated rings. The summed E-state index contributed by atoms with van der Waals surface area (Å²) in [5.41, 5.74) is 10.8. The van der Waals surface area contributed by atoms with Crippen molar-refractivity contribution in [1.29, 1.82) is 0 Å². The molecule has 0 atom stereocenters. The van der Waals surface area contributed by atoms with E-state index in [1.54, 1.807) is 0 Å². The maximum atomic E-state index is 5.09. The van der Waals surface area contributed by atoms with E-state index in [0.29, 0.717) is 0 Å². The number of benzene rings is 10. The Hall–Kier alpha value is -7.09. The van der Waals surface area contributed by atoms with Crippen LogP contribution in [0.25, 0.3) is 109 Å². The van der Waals surface area contributed by atoms with E-state index in [-0.39, 0.29) is 0 Å². The number of nitrogens with zero attached hydrogens (tertiary/aromatic N) is 1. The Morgan fingerprint density at radius 2 is 0.667 bits per heavy atom. The molecule has 0 N–H and O–H groups in total. The fraction of sp³-hybridized carbons (Fsp3) is 0. The van der Waals surface area contributed by atoms with Crippen LogP contribution in [0.1, 0.15) is 0 Å². The summed E-state index contributed by atoms with van der Waals surface area (Å²) < 4.78 is 0. The van der Waals surface area contributed by atoms with E-state index in [4.69, 9.17) is 4.98 Å². The molecule has 0 saturated carbocycles. The Kier molecular flexibility index (Phi) is 6.93. The lowest BCUT2D eigenvalue weighted by atomic mass is 9.86. The van der Waals surface area contributed by atoms with Gasteiger partial charge in [-0.15, -0.1) is 0 Å². The van der Waals surface area contributed by atoms with Crippen molar-refractivity contribution in [2.75, 3.05) is 0 Å². The summed E-state index contributed by atoms with van der Waals surface area (Å²) in [6.07, 6.45) is 1.93. The summed E-state index contributed by atoms with van der Waals surface area (Å²) in [5, 5.41) is 13.5. The van der Waals surface area contributed by atoms with Crippen molar-refractivity contribution >= 4 is 64.8 Å². The second kappa shape index (κ2) is 12.3. The maximum Gasteiger partial charge on any atom is 0.0792 e. The number of aromatic nitrogens is 1. The van der Waals surface area contributed by atoms with Gasteiger partial charge in [-0.2, -0.15) is 0 Å². The summed E-state index contributed by atoms with van der Waals surface area (Å²) >= 11 is 0. The third kappa shape index (κ3) is 4.90. The van der Waals surface area contributed by atoms with Gasteiger partial charge in [-0.3, -0.25) is 4.98 Å². The molecular formula is C53H33N. The van der Waals surface area contributed by atoms with E-state index >= 15 is 0 Å². The predicted molar refractivity (Wildman–Crippen MR) is 231 cm³/mol. The number of rotatable bonds is 4. The molecule has 0 bridgehead atoms. The molecule has 0 aliphatic carbocycles. The summed E-state index contributed by atoms with van der Waals surface area (Å²) in [6, 6.07) is 71.0. The van der Waals surface area contributed by atoms with E-state index in [1.807, 2.05) is 6.20 Å². The monoisotopic (exact) mass is 683 g/mol. The zero-order valence-corrected chi connectivity index (χ0v) is 29.5. The van der Waals surface area contributed by atoms with Gasteiger partial charge in [-0.05, 0) is 123 Å². The van der Waals surface area contributed by atoms with Crippen LogP contribution < -0.4 is 0 Å². The lowest BCUT2D eigenvalue weighted by molar-refractivity contribution is 1.42. The van der Waals surface area contributed by atoms with Gasteiger partial charge in [0.2, 0.25) is 0 Å². The first-order valence-electron chi connectivity index (χ1n) is 18.6. The maximum absolute atomic E-state index is 5.09. The van der Waals surface area contributed by atoms with Crippen molar-refractivity contribution in [3.05, 3.63) is 200 Å². The minimum absolute atomic E-state index is 1.02. The van der Waals surface area contributed by atoms with Crippen LogP contribution in [0, 0.1) is 0 Å². The predicted octanol–water partition coefficient (Wildman–Crippen LogP) is 14.7. The summed E-state index contributed by atoms with van der Waals surface area (Å²) in [5.74, 6) is 0. The number of hydrogen-bond acceptors (Lipinski definition) is 1. The number of hydrogen-bond donors (Lipinski definition) is 0. The van der Waals surface area contributed by atoms with Crippen LogP contribution in [0.2, 0.25) is 0 Å². The van der Waals surface area contributed by atoms with E-state index in [9.17, 15) is 0 Å². The molecule has 0 unspecified atom stereocenters. The highest BCUT2D eigenvalue weighted by Gasteiger charge is 2.18. The Morgan fingerprint density at radius 3 is 1.22 bits per heavy atom. The van der Waals surface area contributed by atoms with Gasteiger partial charge in [0.25, 0.3) is 0 Å². The number of pyridine rings is 1. The van der Waals surface area contributed by atoms with Crippen LogP contribution >= 0.6 is 0 Å². The molecule has 11 rings (SSSR count). The average molecular weight is 684 g/mol. The second-order valence-corrected chi connectivity index (χ2v) is 14.3. The normalized spacial score (nSPS) is 11.7. The Labute approximate surface area is 313 Å². The quantitative estimate of drug-likeness (QED) is 0.168. The van der Waals surface area contributed by atoms with Crippen LogP contribution in [0.5, 0.6) is 0 Å². The lowest BCUT2D eigenvalue weighted by Gasteiger charge is -2.18. The molecule has 10 aromatic carbocycles. The highest BCUT2D eigenvalue weighted by Crippen LogP contribution is 2.44. The summed E-state index contributed by atoms with van der Waals surface area (Å²) in [6.45, 7) is 0. The third-order valence-electron chi connectivity index (χ3n) is 11.2. The SMILES string of the molecule is c1ccc2c(-c3ccc4cc(-c5c6ccccc6c(-c6ccc7cc(-c8cccc9ccccc89)ccc7c6)c6ncccc56)ccc4c3)cccc2c1. The van der Waals surface area contributed by atoms with Gasteiger partial charge >= 0.3 is 0 Å². The third-order valence-corrected chi connectivity index (χ3v) is 11.2. The molecule has 0 aliphatic heterocycles. The number of fused-ring (bicyclic) bond motifs is 6. The van der Waals surface area contributed by atoms with Crippen molar-refractivity contribution in [2.45, 2.75) is 0 Å². The van der Waals surface area contributed by atoms with E-state index in [2.05, 4.69) is 194 Å². The molecule has 1 nitrogen and oxygen atoms in total. The largest absolute Gasteiger partial charge is 0.256 e. The zero-order valence-electron chi connectivity index (χ0n) is 29.5. The van der Waals surface area contributed by atoms with Crippen molar-refractivity contribution in [1.82, 2.24) is 4.98 Å². The first-order valence-corrected chi connectivity index (χ1v) is 18.6. The molecule has 0 aliphatic rings. The zero-order chi connectivity index (χ0) is 35.6. The highest BCUT2D eigenvalue weighted by atomic mass is 14.7. The summed E-state index contributed by atoms with van der Waals surface area (Å²) in [4.78, 5) is 5.09. The topological polar surface area (TPSA) is 12.9 Å². The standard InChI is InChI=1S/C53H33N/c1-3-14-44-34(10-1)12-7-18-46(44)40-25-21-38-32-42(27-23-36(38)30-40)51-48-16-5-6-17-49(48)52(53-50(51)20-9-29-54-53)43-28-24-37-31-41(26-22-39(37)33-43)47-19-8-13-35-11-2-4-15-45(35)47/h1-33H.